The van der Waals surface area contributed by atoms with E-state index in [1.807, 2.05) is 30.3 Å². The maximum atomic E-state index is 4.48. The number of nitrogens with zero attached hydrogens (tertiary/aromatic N) is 2. The Hall–Kier alpha value is -2.22. The lowest BCUT2D eigenvalue weighted by atomic mass is 10.1. The van der Waals surface area contributed by atoms with Crippen LogP contribution in [0.4, 0.5) is 0 Å². The molecule has 0 unspecified atom stereocenters. The van der Waals surface area contributed by atoms with Crippen molar-refractivity contribution in [3.05, 3.63) is 61.1 Å². The van der Waals surface area contributed by atoms with Gasteiger partial charge in [-0.25, -0.2) is 4.98 Å². The molecule has 1 aromatic carbocycles. The van der Waals surface area contributed by atoms with Gasteiger partial charge >= 0.3 is 0 Å². The molecule has 0 radical (unpaired) electrons. The van der Waals surface area contributed by atoms with Gasteiger partial charge in [0.05, 0.1) is 23.3 Å². The normalized spacial score (nSPS) is 9.75. The molecule has 0 aliphatic rings. The van der Waals surface area contributed by atoms with Crippen molar-refractivity contribution < 1.29 is 0 Å². The van der Waals surface area contributed by atoms with Crippen molar-refractivity contribution in [2.45, 2.75) is 0 Å². The van der Waals surface area contributed by atoms with Gasteiger partial charge in [-0.15, -0.1) is 0 Å². The minimum Gasteiger partial charge on any atom is -0.252 e. The van der Waals surface area contributed by atoms with Crippen molar-refractivity contribution in [1.29, 1.82) is 0 Å². The van der Waals surface area contributed by atoms with Crippen LogP contribution in [-0.4, -0.2) is 9.97 Å². The van der Waals surface area contributed by atoms with Crippen molar-refractivity contribution in [1.82, 2.24) is 9.97 Å². The van der Waals surface area contributed by atoms with Crippen LogP contribution >= 0.6 is 0 Å². The molecule has 0 aliphatic heterocycles. The summed E-state index contributed by atoms with van der Waals surface area (Å²) in [4.78, 5) is 8.77. The van der Waals surface area contributed by atoms with Gasteiger partial charge in [-0.1, -0.05) is 43.5 Å². The standard InChI is InChI=1S/C14H12N2/c1-3-12-13(4-2)16-14(10-15-12)11-8-6-5-7-9-11/h3-10H,1-2H2. The average molecular weight is 208 g/mol. The minimum absolute atomic E-state index is 0.759. The summed E-state index contributed by atoms with van der Waals surface area (Å²) in [7, 11) is 0. The van der Waals surface area contributed by atoms with Crippen LogP contribution < -0.4 is 0 Å². The lowest BCUT2D eigenvalue weighted by Crippen LogP contribution is -1.93. The number of aromatic nitrogens is 2. The predicted octanol–water partition coefficient (Wildman–Crippen LogP) is 3.43. The lowest BCUT2D eigenvalue weighted by molar-refractivity contribution is 1.16. The Morgan fingerprint density at radius 1 is 0.938 bits per heavy atom. The highest BCUT2D eigenvalue weighted by atomic mass is 14.8. The monoisotopic (exact) mass is 208 g/mol. The summed E-state index contributed by atoms with van der Waals surface area (Å²) in [6.07, 6.45) is 5.12. The molecule has 0 N–H and O–H groups in total. The van der Waals surface area contributed by atoms with E-state index in [1.54, 1.807) is 18.3 Å². The van der Waals surface area contributed by atoms with Crippen LogP contribution in [0, 0.1) is 0 Å². The molecule has 0 aliphatic carbocycles. The van der Waals surface area contributed by atoms with Crippen LogP contribution in [0.3, 0.4) is 0 Å². The molecule has 78 valence electrons. The van der Waals surface area contributed by atoms with Crippen LogP contribution in [0.5, 0.6) is 0 Å². The molecule has 1 heterocycles. The van der Waals surface area contributed by atoms with Crippen molar-refractivity contribution in [2.75, 3.05) is 0 Å². The summed E-state index contributed by atoms with van der Waals surface area (Å²) in [5, 5.41) is 0. The summed E-state index contributed by atoms with van der Waals surface area (Å²) in [6.45, 7) is 7.42. The van der Waals surface area contributed by atoms with E-state index in [0.29, 0.717) is 0 Å². The first kappa shape index (κ1) is 10.3. The fourth-order valence-electron chi connectivity index (χ4n) is 1.47. The number of rotatable bonds is 3. The Morgan fingerprint density at radius 2 is 1.62 bits per heavy atom. The van der Waals surface area contributed by atoms with Gasteiger partial charge in [0, 0.05) is 5.56 Å². The predicted molar refractivity (Wildman–Crippen MR) is 67.7 cm³/mol. The van der Waals surface area contributed by atoms with E-state index in [1.165, 1.54) is 0 Å². The Kier molecular flexibility index (Phi) is 2.92. The topological polar surface area (TPSA) is 25.8 Å². The van der Waals surface area contributed by atoms with E-state index < -0.39 is 0 Å². The van der Waals surface area contributed by atoms with E-state index >= 15 is 0 Å². The molecule has 0 bridgehead atoms. The zero-order chi connectivity index (χ0) is 11.4. The second-order valence-electron chi connectivity index (χ2n) is 3.30. The van der Waals surface area contributed by atoms with Gasteiger partial charge in [-0.3, -0.25) is 4.98 Å². The van der Waals surface area contributed by atoms with Crippen LogP contribution in [-0.2, 0) is 0 Å². The molecule has 0 saturated heterocycles. The van der Waals surface area contributed by atoms with Crippen LogP contribution in [0.1, 0.15) is 11.4 Å². The molecule has 0 atom stereocenters. The van der Waals surface area contributed by atoms with Crippen LogP contribution in [0.2, 0.25) is 0 Å². The number of benzene rings is 1. The van der Waals surface area contributed by atoms with E-state index in [-0.39, 0.29) is 0 Å². The fraction of sp³-hybridized carbons (Fsp3) is 0. The SMILES string of the molecule is C=Cc1ncc(-c2ccccc2)nc1C=C. The Morgan fingerprint density at radius 3 is 2.25 bits per heavy atom. The fourth-order valence-corrected chi connectivity index (χ4v) is 1.47. The zero-order valence-electron chi connectivity index (χ0n) is 8.93. The number of hydrogen-bond acceptors (Lipinski definition) is 2. The molecule has 1 aromatic heterocycles. The molecule has 16 heavy (non-hydrogen) atoms. The van der Waals surface area contributed by atoms with Gasteiger partial charge in [0.15, 0.2) is 0 Å². The highest BCUT2D eigenvalue weighted by Crippen LogP contribution is 2.17. The molecule has 2 heteroatoms. The Labute approximate surface area is 95.0 Å². The molecular weight excluding hydrogens is 196 g/mol. The molecule has 0 saturated carbocycles. The maximum Gasteiger partial charge on any atom is 0.0893 e. The zero-order valence-corrected chi connectivity index (χ0v) is 8.93. The van der Waals surface area contributed by atoms with Gasteiger partial charge in [-0.2, -0.15) is 0 Å². The van der Waals surface area contributed by atoms with Gasteiger partial charge in [0.1, 0.15) is 0 Å². The highest BCUT2D eigenvalue weighted by Gasteiger charge is 2.03. The first-order valence-electron chi connectivity index (χ1n) is 5.02. The van der Waals surface area contributed by atoms with Gasteiger partial charge in [0.25, 0.3) is 0 Å². The summed E-state index contributed by atoms with van der Waals surface area (Å²) >= 11 is 0. The molecule has 0 amide bonds. The molecule has 0 spiro atoms. The molecule has 2 rings (SSSR count). The van der Waals surface area contributed by atoms with E-state index in [0.717, 1.165) is 22.6 Å². The van der Waals surface area contributed by atoms with Crippen LogP contribution in [0.25, 0.3) is 23.4 Å². The second-order valence-corrected chi connectivity index (χ2v) is 3.30. The third-order valence-corrected chi connectivity index (χ3v) is 2.29. The van der Waals surface area contributed by atoms with Crippen molar-refractivity contribution in [2.24, 2.45) is 0 Å². The summed E-state index contributed by atoms with van der Waals surface area (Å²) in [6, 6.07) is 9.94. The van der Waals surface area contributed by atoms with Gasteiger partial charge in [0.2, 0.25) is 0 Å². The van der Waals surface area contributed by atoms with Crippen molar-refractivity contribution >= 4 is 12.2 Å². The molecule has 2 nitrogen and oxygen atoms in total. The van der Waals surface area contributed by atoms with Gasteiger partial charge in [-0.05, 0) is 12.2 Å². The average Bonchev–Trinajstić information content (AvgIpc) is 2.39. The van der Waals surface area contributed by atoms with E-state index in [2.05, 4.69) is 23.1 Å². The van der Waals surface area contributed by atoms with E-state index in [4.69, 9.17) is 0 Å². The first-order chi connectivity index (χ1) is 7.85. The highest BCUT2D eigenvalue weighted by molar-refractivity contribution is 5.63. The molecule has 2 aromatic rings. The third-order valence-electron chi connectivity index (χ3n) is 2.29. The van der Waals surface area contributed by atoms with Crippen molar-refractivity contribution in [3.8, 4) is 11.3 Å². The Balaban J connectivity index is 2.52. The molecular formula is C14H12N2. The molecule has 0 fully saturated rings. The number of hydrogen-bond donors (Lipinski definition) is 0. The quantitative estimate of drug-likeness (QED) is 0.772. The summed E-state index contributed by atoms with van der Waals surface area (Å²) < 4.78 is 0. The Bertz CT molecular complexity index is 516. The first-order valence-corrected chi connectivity index (χ1v) is 5.02. The van der Waals surface area contributed by atoms with E-state index in [9.17, 15) is 0 Å². The lowest BCUT2D eigenvalue weighted by Gasteiger charge is -2.03. The van der Waals surface area contributed by atoms with Crippen LogP contribution in [0.15, 0.2) is 49.7 Å². The van der Waals surface area contributed by atoms with Gasteiger partial charge < -0.3 is 0 Å². The third kappa shape index (κ3) is 1.91. The largest absolute Gasteiger partial charge is 0.252 e. The maximum absolute atomic E-state index is 4.48. The summed E-state index contributed by atoms with van der Waals surface area (Å²) in [5.74, 6) is 0. The van der Waals surface area contributed by atoms with Crippen molar-refractivity contribution in [3.63, 3.8) is 0 Å². The smallest absolute Gasteiger partial charge is 0.0893 e. The summed E-state index contributed by atoms with van der Waals surface area (Å²) in [5.41, 5.74) is 3.42. The minimum atomic E-state index is 0.759. The second kappa shape index (κ2) is 4.53.